The van der Waals surface area contributed by atoms with Crippen LogP contribution in [0.1, 0.15) is 41.3 Å². The van der Waals surface area contributed by atoms with E-state index in [0.717, 1.165) is 11.1 Å². The van der Waals surface area contributed by atoms with Crippen molar-refractivity contribution in [3.8, 4) is 0 Å². The number of amides is 1. The molecule has 0 spiro atoms. The molecule has 2 rings (SSSR count). The molecule has 0 radical (unpaired) electrons. The zero-order valence-electron chi connectivity index (χ0n) is 12.4. The molecule has 0 aliphatic carbocycles. The monoisotopic (exact) mass is 321 g/mol. The predicted molar refractivity (Wildman–Crippen MR) is 78.5 cm³/mol. The van der Waals surface area contributed by atoms with E-state index < -0.39 is 20.7 Å². The van der Waals surface area contributed by atoms with Gasteiger partial charge in [-0.05, 0) is 31.9 Å². The molecule has 1 aliphatic rings. The fourth-order valence-corrected chi connectivity index (χ4v) is 2.82. The van der Waals surface area contributed by atoms with Crippen LogP contribution in [0.2, 0.25) is 0 Å². The summed E-state index contributed by atoms with van der Waals surface area (Å²) in [5.41, 5.74) is 2.53. The van der Waals surface area contributed by atoms with Crippen LogP contribution in [0.15, 0.2) is 18.2 Å². The molecule has 1 aliphatic heterocycles. The number of Topliss-reactive ketones (excluding diaryl/α,β-unsaturated/α-hetero) is 1. The minimum absolute atomic E-state index is 0.0708. The number of ketones is 1. The lowest BCUT2D eigenvalue weighted by atomic mass is 10.1. The summed E-state index contributed by atoms with van der Waals surface area (Å²) in [5, 5.41) is 0. The van der Waals surface area contributed by atoms with Crippen molar-refractivity contribution in [1.29, 1.82) is 0 Å². The van der Waals surface area contributed by atoms with E-state index in [4.69, 9.17) is 0 Å². The Morgan fingerprint density at radius 1 is 1.41 bits per heavy atom. The molecule has 1 aromatic carbocycles. The van der Waals surface area contributed by atoms with Gasteiger partial charge in [0.05, 0.1) is 6.04 Å². The van der Waals surface area contributed by atoms with E-state index >= 15 is 0 Å². The predicted octanol–water partition coefficient (Wildman–Crippen LogP) is 2.44. The summed E-state index contributed by atoms with van der Waals surface area (Å²) < 4.78 is 14.5. The molecule has 1 unspecified atom stereocenters. The molecule has 116 valence electrons. The van der Waals surface area contributed by atoms with Crippen molar-refractivity contribution in [1.82, 2.24) is 4.90 Å². The van der Waals surface area contributed by atoms with Gasteiger partial charge in [0.1, 0.15) is 0 Å². The second-order valence-electron chi connectivity index (χ2n) is 5.30. The summed E-state index contributed by atoms with van der Waals surface area (Å²) in [5.74, 6) is -1.06. The lowest BCUT2D eigenvalue weighted by Crippen LogP contribution is -2.40. The molecular weight excluding hydrogens is 305 g/mol. The molecule has 0 saturated carbocycles. The van der Waals surface area contributed by atoms with Crippen molar-refractivity contribution in [2.45, 2.75) is 39.3 Å². The Hall–Kier alpha value is -2.07. The number of carbonyl (C=O) groups excluding carboxylic acids is 3. The van der Waals surface area contributed by atoms with E-state index in [-0.39, 0.29) is 24.5 Å². The van der Waals surface area contributed by atoms with E-state index in [1.807, 2.05) is 19.1 Å². The number of hydrogen-bond acceptors (Lipinski definition) is 5. The Morgan fingerprint density at radius 3 is 2.77 bits per heavy atom. The SMILES string of the molecule is CC(=O)C(CCC(=O)OP=O)N1Cc2cc(C)ccc2C1=O. The van der Waals surface area contributed by atoms with Crippen molar-refractivity contribution in [2.75, 3.05) is 0 Å². The number of fused-ring (bicyclic) bond motifs is 1. The number of hydrogen-bond donors (Lipinski definition) is 0. The number of benzene rings is 1. The quantitative estimate of drug-likeness (QED) is 0.752. The summed E-state index contributed by atoms with van der Waals surface area (Å²) in [6.45, 7) is 3.69. The second kappa shape index (κ2) is 6.79. The van der Waals surface area contributed by atoms with E-state index in [1.54, 1.807) is 6.07 Å². The van der Waals surface area contributed by atoms with Gasteiger partial charge in [-0.2, -0.15) is 0 Å². The average molecular weight is 321 g/mol. The summed E-state index contributed by atoms with van der Waals surface area (Å²) >= 11 is 0. The van der Waals surface area contributed by atoms with Crippen LogP contribution in [0.3, 0.4) is 0 Å². The van der Waals surface area contributed by atoms with E-state index in [2.05, 4.69) is 4.52 Å². The van der Waals surface area contributed by atoms with E-state index in [1.165, 1.54) is 11.8 Å². The third kappa shape index (κ3) is 3.39. The standard InChI is InChI=1S/C15H16NO5P/c1-9-3-4-12-11(7-9)8-16(15(12)19)13(10(2)17)5-6-14(18)21-22-20/h3-4,7,13H,5-6,8H2,1-2H3. The number of rotatable bonds is 6. The van der Waals surface area contributed by atoms with Gasteiger partial charge >= 0.3 is 14.7 Å². The lowest BCUT2D eigenvalue weighted by molar-refractivity contribution is -0.134. The highest BCUT2D eigenvalue weighted by Crippen LogP contribution is 2.27. The third-order valence-electron chi connectivity index (χ3n) is 3.70. The van der Waals surface area contributed by atoms with Gasteiger partial charge < -0.3 is 9.42 Å². The molecule has 1 atom stereocenters. The molecule has 7 heteroatoms. The minimum atomic E-state index is -0.713. The van der Waals surface area contributed by atoms with Crippen molar-refractivity contribution in [2.24, 2.45) is 0 Å². The van der Waals surface area contributed by atoms with E-state index in [9.17, 15) is 18.9 Å². The van der Waals surface area contributed by atoms with Crippen LogP contribution in [-0.4, -0.2) is 28.6 Å². The highest BCUT2D eigenvalue weighted by Gasteiger charge is 2.35. The number of aryl methyl sites for hydroxylation is 1. The van der Waals surface area contributed by atoms with Crippen LogP contribution in [0.4, 0.5) is 0 Å². The van der Waals surface area contributed by atoms with Gasteiger partial charge in [-0.25, -0.2) is 4.57 Å². The van der Waals surface area contributed by atoms with Gasteiger partial charge in [-0.3, -0.25) is 14.4 Å². The van der Waals surface area contributed by atoms with Gasteiger partial charge in [0, 0.05) is 18.5 Å². The first kappa shape index (κ1) is 16.3. The molecule has 0 aromatic heterocycles. The minimum Gasteiger partial charge on any atom is -0.373 e. The zero-order chi connectivity index (χ0) is 16.3. The highest BCUT2D eigenvalue weighted by atomic mass is 31.1. The fourth-order valence-electron chi connectivity index (χ4n) is 2.64. The Balaban J connectivity index is 2.14. The average Bonchev–Trinajstić information content (AvgIpc) is 2.75. The van der Waals surface area contributed by atoms with Crippen LogP contribution < -0.4 is 0 Å². The zero-order valence-corrected chi connectivity index (χ0v) is 13.3. The Kier molecular flexibility index (Phi) is 5.03. The molecular formula is C15H16NO5P. The van der Waals surface area contributed by atoms with Crippen molar-refractivity contribution >= 4 is 26.3 Å². The summed E-state index contributed by atoms with van der Waals surface area (Å²) in [6, 6.07) is 4.85. The molecule has 1 amide bonds. The maximum absolute atomic E-state index is 12.4. The van der Waals surface area contributed by atoms with Gasteiger partial charge in [0.15, 0.2) is 5.78 Å². The smallest absolute Gasteiger partial charge is 0.373 e. The third-order valence-corrected chi connectivity index (χ3v) is 3.98. The number of carbonyl (C=O) groups is 3. The second-order valence-corrected chi connectivity index (χ2v) is 5.63. The van der Waals surface area contributed by atoms with Crippen molar-refractivity contribution in [3.05, 3.63) is 34.9 Å². The Bertz CT molecular complexity index is 643. The molecule has 0 bridgehead atoms. The van der Waals surface area contributed by atoms with Crippen LogP contribution in [0.25, 0.3) is 0 Å². The summed E-state index contributed by atoms with van der Waals surface area (Å²) in [6.07, 6.45) is 0.0844. The van der Waals surface area contributed by atoms with Gasteiger partial charge in [-0.1, -0.05) is 17.7 Å². The topological polar surface area (TPSA) is 80.8 Å². The Labute approximate surface area is 129 Å². The first-order chi connectivity index (χ1) is 10.4. The van der Waals surface area contributed by atoms with Crippen LogP contribution in [-0.2, 0) is 25.2 Å². The van der Waals surface area contributed by atoms with Gasteiger partial charge in [0.25, 0.3) is 5.91 Å². The van der Waals surface area contributed by atoms with E-state index in [0.29, 0.717) is 12.1 Å². The molecule has 0 fully saturated rings. The maximum atomic E-state index is 12.4. The van der Waals surface area contributed by atoms with Gasteiger partial charge in [-0.15, -0.1) is 0 Å². The van der Waals surface area contributed by atoms with Crippen molar-refractivity contribution in [3.63, 3.8) is 0 Å². The molecule has 0 N–H and O–H groups in total. The summed E-state index contributed by atoms with van der Waals surface area (Å²) in [4.78, 5) is 37.1. The molecule has 1 aromatic rings. The van der Waals surface area contributed by atoms with Gasteiger partial charge in [0.2, 0.25) is 0 Å². The molecule has 0 saturated heterocycles. The Morgan fingerprint density at radius 2 is 2.14 bits per heavy atom. The van der Waals surface area contributed by atoms with Crippen LogP contribution in [0.5, 0.6) is 0 Å². The maximum Gasteiger partial charge on any atom is 0.398 e. The molecule has 22 heavy (non-hydrogen) atoms. The van der Waals surface area contributed by atoms with Crippen molar-refractivity contribution < 1.29 is 23.5 Å². The highest BCUT2D eigenvalue weighted by molar-refractivity contribution is 7.18. The first-order valence-corrected chi connectivity index (χ1v) is 7.60. The normalized spacial score (nSPS) is 14.8. The van der Waals surface area contributed by atoms with Crippen LogP contribution in [0, 0.1) is 6.92 Å². The molecule has 6 nitrogen and oxygen atoms in total. The fraction of sp³-hybridized carbons (Fsp3) is 0.400. The largest absolute Gasteiger partial charge is 0.398 e. The molecule has 1 heterocycles. The van der Waals surface area contributed by atoms with Crippen LogP contribution >= 0.6 is 8.69 Å². The lowest BCUT2D eigenvalue weighted by Gasteiger charge is -2.25. The number of nitrogens with zero attached hydrogens (tertiary/aromatic N) is 1. The first-order valence-electron chi connectivity index (χ1n) is 6.87. The summed E-state index contributed by atoms with van der Waals surface area (Å²) in [7, 11) is -0.713.